The molecule has 0 spiro atoms. The van der Waals surface area contributed by atoms with Crippen LogP contribution >= 0.6 is 24.8 Å². The van der Waals surface area contributed by atoms with Crippen LogP contribution in [0.15, 0.2) is 30.3 Å². The number of rotatable bonds is 4. The van der Waals surface area contributed by atoms with Crippen LogP contribution in [0.3, 0.4) is 0 Å². The molecule has 0 radical (unpaired) electrons. The van der Waals surface area contributed by atoms with Crippen molar-refractivity contribution in [2.24, 2.45) is 5.92 Å². The molecule has 136 valence electrons. The Balaban J connectivity index is 0.00000104. The van der Waals surface area contributed by atoms with Crippen LogP contribution in [0.25, 0.3) is 0 Å². The number of halogens is 2. The van der Waals surface area contributed by atoms with Gasteiger partial charge in [-0.1, -0.05) is 30.3 Å². The van der Waals surface area contributed by atoms with Crippen LogP contribution in [0, 0.1) is 5.92 Å². The Morgan fingerprint density at radius 3 is 2.42 bits per heavy atom. The number of hydrogen-bond donors (Lipinski definition) is 1. The molecule has 0 unspecified atom stereocenters. The van der Waals surface area contributed by atoms with Crippen molar-refractivity contribution in [1.29, 1.82) is 0 Å². The van der Waals surface area contributed by atoms with Crippen LogP contribution in [0.2, 0.25) is 0 Å². The first-order valence-corrected chi connectivity index (χ1v) is 9.13. The van der Waals surface area contributed by atoms with Crippen LogP contribution in [-0.2, 0) is 6.42 Å². The van der Waals surface area contributed by atoms with Gasteiger partial charge in [-0.2, -0.15) is 0 Å². The van der Waals surface area contributed by atoms with E-state index in [1.807, 2.05) is 0 Å². The maximum Gasteiger partial charge on any atom is 0.0264 e. The van der Waals surface area contributed by atoms with E-state index in [1.54, 1.807) is 0 Å². The van der Waals surface area contributed by atoms with Crippen molar-refractivity contribution in [3.05, 3.63) is 35.9 Å². The molecule has 3 aliphatic rings. The summed E-state index contributed by atoms with van der Waals surface area (Å²) in [5.74, 6) is 0.941. The minimum Gasteiger partial charge on any atom is -0.315 e. The van der Waals surface area contributed by atoms with E-state index >= 15 is 0 Å². The van der Waals surface area contributed by atoms with Gasteiger partial charge in [0.25, 0.3) is 0 Å². The van der Waals surface area contributed by atoms with Gasteiger partial charge < -0.3 is 10.2 Å². The van der Waals surface area contributed by atoms with Gasteiger partial charge in [0.2, 0.25) is 0 Å². The van der Waals surface area contributed by atoms with Crippen LogP contribution < -0.4 is 5.32 Å². The second-order valence-corrected chi connectivity index (χ2v) is 7.32. The molecular weight excluding hydrogens is 341 g/mol. The van der Waals surface area contributed by atoms with E-state index in [-0.39, 0.29) is 24.8 Å². The highest BCUT2D eigenvalue weighted by Crippen LogP contribution is 2.31. The molecule has 24 heavy (non-hydrogen) atoms. The van der Waals surface area contributed by atoms with Crippen molar-refractivity contribution in [1.82, 2.24) is 15.1 Å². The van der Waals surface area contributed by atoms with Crippen LogP contribution in [-0.4, -0.2) is 61.2 Å². The third kappa shape index (κ3) is 4.44. The molecule has 0 aliphatic carbocycles. The molecule has 3 nitrogen and oxygen atoms in total. The highest BCUT2D eigenvalue weighted by molar-refractivity contribution is 5.85. The van der Waals surface area contributed by atoms with Crippen molar-refractivity contribution < 1.29 is 0 Å². The molecule has 1 aromatic carbocycles. The normalized spacial score (nSPS) is 28.2. The van der Waals surface area contributed by atoms with E-state index in [2.05, 4.69) is 45.4 Å². The van der Waals surface area contributed by atoms with E-state index in [1.165, 1.54) is 70.5 Å². The van der Waals surface area contributed by atoms with Gasteiger partial charge >= 0.3 is 0 Å². The Labute approximate surface area is 159 Å². The lowest BCUT2D eigenvalue weighted by Crippen LogP contribution is -2.48. The van der Waals surface area contributed by atoms with Gasteiger partial charge in [0.05, 0.1) is 0 Å². The SMILES string of the molecule is Cl.Cl.c1ccc(CCN2CCC(N3CC[C@H]4CNC[C@H]43)CC2)cc1. The zero-order chi connectivity index (χ0) is 14.8. The Bertz CT molecular complexity index is 477. The summed E-state index contributed by atoms with van der Waals surface area (Å²) in [6.07, 6.45) is 5.37. The van der Waals surface area contributed by atoms with Gasteiger partial charge in [0.1, 0.15) is 0 Å². The molecule has 0 aromatic heterocycles. The number of piperidine rings is 1. The number of benzene rings is 1. The molecule has 3 aliphatic heterocycles. The predicted octanol–water partition coefficient (Wildman–Crippen LogP) is 2.83. The van der Waals surface area contributed by atoms with E-state index in [0.717, 1.165) is 18.0 Å². The average molecular weight is 372 g/mol. The Morgan fingerprint density at radius 2 is 1.67 bits per heavy atom. The maximum absolute atomic E-state index is 3.59. The summed E-state index contributed by atoms with van der Waals surface area (Å²) in [4.78, 5) is 5.52. The smallest absolute Gasteiger partial charge is 0.0264 e. The molecule has 4 rings (SSSR count). The van der Waals surface area contributed by atoms with Gasteiger partial charge in [-0.05, 0) is 63.3 Å². The minimum atomic E-state index is 0. The Kier molecular flexibility index (Phi) is 7.83. The van der Waals surface area contributed by atoms with Crippen molar-refractivity contribution in [3.63, 3.8) is 0 Å². The topological polar surface area (TPSA) is 18.5 Å². The quantitative estimate of drug-likeness (QED) is 0.877. The number of fused-ring (bicyclic) bond motifs is 1. The van der Waals surface area contributed by atoms with Gasteiger partial charge in [-0.25, -0.2) is 0 Å². The predicted molar refractivity (Wildman–Crippen MR) is 106 cm³/mol. The number of nitrogens with one attached hydrogen (secondary N) is 1. The molecular formula is C19H31Cl2N3. The third-order valence-electron chi connectivity index (χ3n) is 6.07. The van der Waals surface area contributed by atoms with E-state index in [0.29, 0.717) is 0 Å². The van der Waals surface area contributed by atoms with Gasteiger partial charge in [-0.3, -0.25) is 4.90 Å². The number of likely N-dealkylation sites (tertiary alicyclic amines) is 2. The maximum atomic E-state index is 3.59. The highest BCUT2D eigenvalue weighted by Gasteiger charge is 2.41. The Morgan fingerprint density at radius 1 is 0.917 bits per heavy atom. The van der Waals surface area contributed by atoms with E-state index in [4.69, 9.17) is 0 Å². The van der Waals surface area contributed by atoms with E-state index in [9.17, 15) is 0 Å². The zero-order valence-electron chi connectivity index (χ0n) is 14.4. The molecule has 1 aromatic rings. The standard InChI is InChI=1S/C19H29N3.2ClH/c1-2-4-16(5-3-1)6-10-21-11-8-18(9-12-21)22-13-7-17-14-20-15-19(17)22;;/h1-5,17-20H,6-15H2;2*1H/t17-,19+;;/m0../s1. The van der Waals surface area contributed by atoms with Crippen molar-refractivity contribution in [2.45, 2.75) is 37.8 Å². The Hall–Kier alpha value is -0.320. The van der Waals surface area contributed by atoms with Gasteiger partial charge in [-0.15, -0.1) is 24.8 Å². The summed E-state index contributed by atoms with van der Waals surface area (Å²) < 4.78 is 0. The summed E-state index contributed by atoms with van der Waals surface area (Å²) in [5, 5.41) is 3.59. The first kappa shape index (κ1) is 20.0. The molecule has 2 atom stereocenters. The molecule has 0 saturated carbocycles. The first-order chi connectivity index (χ1) is 10.9. The fourth-order valence-electron chi connectivity index (χ4n) is 4.74. The monoisotopic (exact) mass is 371 g/mol. The fraction of sp³-hybridized carbons (Fsp3) is 0.684. The molecule has 3 saturated heterocycles. The first-order valence-electron chi connectivity index (χ1n) is 9.13. The minimum absolute atomic E-state index is 0. The average Bonchev–Trinajstić information content (AvgIpc) is 3.18. The lowest BCUT2D eigenvalue weighted by molar-refractivity contribution is 0.0994. The van der Waals surface area contributed by atoms with E-state index < -0.39 is 0 Å². The zero-order valence-corrected chi connectivity index (χ0v) is 16.0. The fourth-order valence-corrected chi connectivity index (χ4v) is 4.74. The van der Waals surface area contributed by atoms with Crippen molar-refractivity contribution >= 4 is 24.8 Å². The second kappa shape index (κ2) is 9.40. The lowest BCUT2D eigenvalue weighted by atomic mass is 10.00. The highest BCUT2D eigenvalue weighted by atomic mass is 35.5. The molecule has 1 N–H and O–H groups in total. The second-order valence-electron chi connectivity index (χ2n) is 7.32. The molecule has 0 amide bonds. The lowest BCUT2D eigenvalue weighted by Gasteiger charge is -2.39. The summed E-state index contributed by atoms with van der Waals surface area (Å²) in [5.41, 5.74) is 1.48. The summed E-state index contributed by atoms with van der Waals surface area (Å²) in [7, 11) is 0. The number of hydrogen-bond acceptors (Lipinski definition) is 3. The molecule has 3 fully saturated rings. The van der Waals surface area contributed by atoms with Gasteiger partial charge in [0.15, 0.2) is 0 Å². The van der Waals surface area contributed by atoms with Crippen LogP contribution in [0.4, 0.5) is 0 Å². The third-order valence-corrected chi connectivity index (χ3v) is 6.07. The van der Waals surface area contributed by atoms with Crippen molar-refractivity contribution in [2.75, 3.05) is 39.3 Å². The summed E-state index contributed by atoms with van der Waals surface area (Å²) in [6.45, 7) is 7.66. The van der Waals surface area contributed by atoms with Gasteiger partial charge in [0, 0.05) is 25.2 Å². The summed E-state index contributed by atoms with van der Waals surface area (Å²) >= 11 is 0. The molecule has 5 heteroatoms. The van der Waals surface area contributed by atoms with Crippen LogP contribution in [0.5, 0.6) is 0 Å². The number of nitrogens with zero attached hydrogens (tertiary/aromatic N) is 2. The molecule has 0 bridgehead atoms. The van der Waals surface area contributed by atoms with Crippen molar-refractivity contribution in [3.8, 4) is 0 Å². The molecule has 3 heterocycles. The van der Waals surface area contributed by atoms with Crippen LogP contribution in [0.1, 0.15) is 24.8 Å². The largest absolute Gasteiger partial charge is 0.315 e. The summed E-state index contributed by atoms with van der Waals surface area (Å²) in [6, 6.07) is 12.6.